The van der Waals surface area contributed by atoms with Gasteiger partial charge in [0, 0.05) is 28.5 Å². The Labute approximate surface area is 231 Å². The average molecular weight is 639 g/mol. The van der Waals surface area contributed by atoms with Crippen LogP contribution in [-0.4, -0.2) is 32.0 Å². The molecule has 3 aliphatic carbocycles. The summed E-state index contributed by atoms with van der Waals surface area (Å²) in [5, 5.41) is 37.9. The van der Waals surface area contributed by atoms with Gasteiger partial charge in [-0.3, -0.25) is 4.79 Å². The number of rotatable bonds is 4. The van der Waals surface area contributed by atoms with E-state index in [1.807, 2.05) is 13.0 Å². The van der Waals surface area contributed by atoms with Gasteiger partial charge in [0.05, 0.1) is 20.9 Å². The smallest absolute Gasteiger partial charge is 0.226 e. The maximum absolute atomic E-state index is 12.8. The third kappa shape index (κ3) is 4.09. The fourth-order valence-corrected chi connectivity index (χ4v) is 9.18. The molecule has 3 aliphatic rings. The molecule has 0 saturated heterocycles. The van der Waals surface area contributed by atoms with Crippen LogP contribution in [0.2, 0.25) is 0 Å². The lowest BCUT2D eigenvalue weighted by Gasteiger charge is -2.50. The number of aryl methyl sites for hydroxylation is 1. The highest BCUT2D eigenvalue weighted by atomic mass is 79.9. The van der Waals surface area contributed by atoms with Crippen molar-refractivity contribution in [3.63, 3.8) is 0 Å². The van der Waals surface area contributed by atoms with Gasteiger partial charge < -0.3 is 20.7 Å². The van der Waals surface area contributed by atoms with Gasteiger partial charge in [-0.05, 0) is 112 Å². The first-order chi connectivity index (χ1) is 17.2. The molecule has 0 bridgehead atoms. The zero-order chi connectivity index (χ0) is 25.8. The number of phenolic OH excluding ortho intramolecular Hbond substituents is 1. The number of nitrogens with one attached hydrogen (secondary N) is 1. The summed E-state index contributed by atoms with van der Waals surface area (Å²) in [7, 11) is 0. The Balaban J connectivity index is 1.46. The van der Waals surface area contributed by atoms with Crippen molar-refractivity contribution < 1.29 is 20.2 Å². The lowest BCUT2D eigenvalue weighted by molar-refractivity contribution is -0.116. The monoisotopic (exact) mass is 637 g/mol. The Morgan fingerprint density at radius 2 is 2.17 bits per heavy atom. The molecule has 5 atom stereocenters. The van der Waals surface area contributed by atoms with E-state index in [0.29, 0.717) is 33.2 Å². The van der Waals surface area contributed by atoms with E-state index in [-0.39, 0.29) is 41.2 Å². The first-order valence-corrected chi connectivity index (χ1v) is 14.6. The van der Waals surface area contributed by atoms with E-state index in [1.165, 1.54) is 16.9 Å². The lowest BCUT2D eigenvalue weighted by Crippen LogP contribution is -2.44. The van der Waals surface area contributed by atoms with Crippen molar-refractivity contribution in [1.82, 2.24) is 4.98 Å². The predicted octanol–water partition coefficient (Wildman–Crippen LogP) is 7.07. The predicted molar refractivity (Wildman–Crippen MR) is 147 cm³/mol. The summed E-state index contributed by atoms with van der Waals surface area (Å²) in [5.74, 6) is 0.717. The summed E-state index contributed by atoms with van der Waals surface area (Å²) in [6.45, 7) is 4.09. The minimum Gasteiger partial charge on any atom is -0.515 e. The van der Waals surface area contributed by atoms with Crippen molar-refractivity contribution in [3.05, 3.63) is 49.0 Å². The molecule has 192 valence electrons. The van der Waals surface area contributed by atoms with Gasteiger partial charge in [-0.2, -0.15) is 0 Å². The van der Waals surface area contributed by atoms with Crippen LogP contribution in [0.4, 0.5) is 5.13 Å². The number of allylic oxidation sites excluding steroid dienone is 1. The lowest BCUT2D eigenvalue weighted by atomic mass is 9.54. The maximum Gasteiger partial charge on any atom is 0.226 e. The van der Waals surface area contributed by atoms with Crippen LogP contribution in [0.15, 0.2) is 38.2 Å². The second kappa shape index (κ2) is 9.76. The number of benzene rings is 1. The van der Waals surface area contributed by atoms with Gasteiger partial charge in [-0.25, -0.2) is 4.98 Å². The summed E-state index contributed by atoms with van der Waals surface area (Å²) in [6.07, 6.45) is 7.13. The molecule has 5 unspecified atom stereocenters. The molecule has 0 radical (unpaired) electrons. The SMILES string of the molecule is Cc1cnc(NC(=O)CCC2C(=C\O)/C(=N\O)C3(C)CCC4c5cc(Br)c(O)c(Br)c5CCC4C23)s1. The summed E-state index contributed by atoms with van der Waals surface area (Å²) < 4.78 is 1.43. The zero-order valence-electron chi connectivity index (χ0n) is 20.1. The second-order valence-corrected chi connectivity index (χ2v) is 13.3. The van der Waals surface area contributed by atoms with Crippen molar-refractivity contribution in [1.29, 1.82) is 0 Å². The highest BCUT2D eigenvalue weighted by Crippen LogP contribution is 2.64. The molecule has 2 saturated carbocycles. The van der Waals surface area contributed by atoms with E-state index in [9.17, 15) is 20.2 Å². The zero-order valence-corrected chi connectivity index (χ0v) is 24.1. The Hall–Kier alpha value is -1.91. The number of aromatic nitrogens is 1. The van der Waals surface area contributed by atoms with Gasteiger partial charge in [0.2, 0.25) is 5.91 Å². The number of nitrogens with zero attached hydrogens (tertiary/aromatic N) is 2. The summed E-state index contributed by atoms with van der Waals surface area (Å²) >= 11 is 8.55. The largest absolute Gasteiger partial charge is 0.515 e. The van der Waals surface area contributed by atoms with Gasteiger partial charge >= 0.3 is 0 Å². The number of aliphatic hydroxyl groups is 1. The number of hydrogen-bond acceptors (Lipinski definition) is 7. The molecule has 7 nitrogen and oxygen atoms in total. The number of hydrogen-bond donors (Lipinski definition) is 4. The second-order valence-electron chi connectivity index (χ2n) is 10.4. The van der Waals surface area contributed by atoms with Crippen molar-refractivity contribution in [2.45, 2.75) is 58.3 Å². The standard InChI is InChI=1S/C26H29Br2N3O4S/c1-12-10-29-25(36-12)30-20(33)6-5-15-18(11-32)24(31-35)26(2)8-7-13-14(21(15)26)3-4-16-17(13)9-19(27)23(34)22(16)28/h9-11,13-15,21,32,34-35H,3-8H2,1-2H3,(H,29,30,33)/b18-11+,31-24+. The number of thiazole rings is 1. The molecular weight excluding hydrogens is 610 g/mol. The minimum absolute atomic E-state index is 0.104. The number of phenols is 1. The van der Waals surface area contributed by atoms with E-state index >= 15 is 0 Å². The number of carbonyl (C=O) groups is 1. The van der Waals surface area contributed by atoms with Gasteiger partial charge in [0.1, 0.15) is 5.75 Å². The molecular formula is C26H29Br2N3O4S. The first-order valence-electron chi connectivity index (χ1n) is 12.2. The van der Waals surface area contributed by atoms with Crippen LogP contribution in [0.5, 0.6) is 5.75 Å². The fraction of sp³-hybridized carbons (Fsp3) is 0.500. The average Bonchev–Trinajstić information content (AvgIpc) is 3.37. The van der Waals surface area contributed by atoms with Crippen LogP contribution >= 0.6 is 43.2 Å². The molecule has 2 aromatic rings. The topological polar surface area (TPSA) is 115 Å². The van der Waals surface area contributed by atoms with E-state index < -0.39 is 0 Å². The number of carbonyl (C=O) groups excluding carboxylic acids is 1. The van der Waals surface area contributed by atoms with Crippen LogP contribution in [0.25, 0.3) is 0 Å². The number of amides is 1. The number of oxime groups is 1. The van der Waals surface area contributed by atoms with E-state index in [1.54, 1.807) is 6.20 Å². The third-order valence-electron chi connectivity index (χ3n) is 8.58. The Morgan fingerprint density at radius 1 is 1.39 bits per heavy atom. The molecule has 1 amide bonds. The van der Waals surface area contributed by atoms with Gasteiger partial charge in [-0.15, -0.1) is 11.3 Å². The summed E-state index contributed by atoms with van der Waals surface area (Å²) in [6, 6.07) is 2.05. The fourth-order valence-electron chi connectivity index (χ4n) is 7.15. The Kier molecular flexibility index (Phi) is 6.97. The third-order valence-corrected chi connectivity index (χ3v) is 10.9. The molecule has 36 heavy (non-hydrogen) atoms. The normalized spacial score (nSPS) is 31.2. The van der Waals surface area contributed by atoms with Crippen molar-refractivity contribution in [2.75, 3.05) is 5.32 Å². The van der Waals surface area contributed by atoms with Crippen molar-refractivity contribution in [2.24, 2.45) is 28.3 Å². The highest BCUT2D eigenvalue weighted by molar-refractivity contribution is 9.11. The number of anilines is 1. The van der Waals surface area contributed by atoms with Crippen LogP contribution in [-0.2, 0) is 11.2 Å². The van der Waals surface area contributed by atoms with Crippen LogP contribution in [0, 0.1) is 30.1 Å². The number of halogens is 2. The summed E-state index contributed by atoms with van der Waals surface area (Å²) in [5.41, 5.74) is 3.20. The number of aromatic hydroxyl groups is 1. The number of fused-ring (bicyclic) bond motifs is 5. The Morgan fingerprint density at radius 3 is 2.83 bits per heavy atom. The van der Waals surface area contributed by atoms with Crippen molar-refractivity contribution >= 4 is 59.9 Å². The highest BCUT2D eigenvalue weighted by Gasteiger charge is 2.60. The molecule has 1 aromatic heterocycles. The van der Waals surface area contributed by atoms with E-state index in [0.717, 1.165) is 46.9 Å². The van der Waals surface area contributed by atoms with Crippen molar-refractivity contribution in [3.8, 4) is 5.75 Å². The maximum atomic E-state index is 12.8. The molecule has 4 N–H and O–H groups in total. The Bertz CT molecular complexity index is 1280. The van der Waals surface area contributed by atoms with Crippen LogP contribution in [0.3, 0.4) is 0 Å². The minimum atomic E-state index is -0.388. The van der Waals surface area contributed by atoms with Gasteiger partial charge in [0.25, 0.3) is 0 Å². The van der Waals surface area contributed by atoms with E-state index in [4.69, 9.17) is 0 Å². The van der Waals surface area contributed by atoms with Crippen LogP contribution in [0.1, 0.15) is 60.9 Å². The molecule has 1 aromatic carbocycles. The molecule has 2 fully saturated rings. The molecule has 10 heteroatoms. The molecule has 0 aliphatic heterocycles. The van der Waals surface area contributed by atoms with E-state index in [2.05, 4.69) is 54.2 Å². The molecule has 0 spiro atoms. The van der Waals surface area contributed by atoms with Gasteiger partial charge in [-0.1, -0.05) is 12.1 Å². The number of aliphatic hydroxyl groups excluding tert-OH is 1. The first kappa shape index (κ1) is 25.7. The van der Waals surface area contributed by atoms with Gasteiger partial charge in [0.15, 0.2) is 5.13 Å². The molecule has 5 rings (SSSR count). The summed E-state index contributed by atoms with van der Waals surface area (Å²) in [4.78, 5) is 18.0. The van der Waals surface area contributed by atoms with Crippen LogP contribution < -0.4 is 5.32 Å². The quantitative estimate of drug-likeness (QED) is 0.162. The molecule has 1 heterocycles.